The summed E-state index contributed by atoms with van der Waals surface area (Å²) < 4.78 is 0. The van der Waals surface area contributed by atoms with Crippen molar-refractivity contribution in [3.63, 3.8) is 0 Å². The fourth-order valence-electron chi connectivity index (χ4n) is 1.75. The average Bonchev–Trinajstić information content (AvgIpc) is 2.46. The van der Waals surface area contributed by atoms with Gasteiger partial charge in [0.2, 0.25) is 0 Å². The zero-order chi connectivity index (χ0) is 13.7. The van der Waals surface area contributed by atoms with Gasteiger partial charge in [-0.15, -0.1) is 0 Å². The molecule has 0 aliphatic carbocycles. The normalized spacial score (nSPS) is 10.5. The predicted molar refractivity (Wildman–Crippen MR) is 76.8 cm³/mol. The van der Waals surface area contributed by atoms with E-state index >= 15 is 0 Å². The number of aromatic nitrogens is 1. The van der Waals surface area contributed by atoms with Crippen molar-refractivity contribution in [1.82, 2.24) is 10.3 Å². The molecule has 1 aromatic heterocycles. The van der Waals surface area contributed by atoms with Gasteiger partial charge in [0.25, 0.3) is 5.91 Å². The van der Waals surface area contributed by atoms with Gasteiger partial charge in [-0.1, -0.05) is 44.2 Å². The average molecular weight is 254 g/mol. The number of hydrogen-bond acceptors (Lipinski definition) is 2. The minimum absolute atomic E-state index is 0.0704. The summed E-state index contributed by atoms with van der Waals surface area (Å²) in [7, 11) is 0. The molecule has 1 aromatic carbocycles. The van der Waals surface area contributed by atoms with Gasteiger partial charge < -0.3 is 5.32 Å². The molecule has 1 heterocycles. The van der Waals surface area contributed by atoms with E-state index in [1.165, 1.54) is 0 Å². The largest absolute Gasteiger partial charge is 0.352 e. The number of rotatable bonds is 4. The highest BCUT2D eigenvalue weighted by Crippen LogP contribution is 2.18. The van der Waals surface area contributed by atoms with Crippen molar-refractivity contribution < 1.29 is 4.79 Å². The second kappa shape index (κ2) is 6.14. The highest BCUT2D eigenvalue weighted by atomic mass is 16.1. The van der Waals surface area contributed by atoms with E-state index in [1.807, 2.05) is 36.4 Å². The van der Waals surface area contributed by atoms with Crippen LogP contribution in [0.1, 0.15) is 24.2 Å². The number of carbonyl (C=O) groups is 1. The highest BCUT2D eigenvalue weighted by molar-refractivity contribution is 5.95. The minimum atomic E-state index is -0.0704. The van der Waals surface area contributed by atoms with Crippen molar-refractivity contribution in [3.05, 3.63) is 54.4 Å². The molecule has 0 saturated heterocycles. The van der Waals surface area contributed by atoms with E-state index in [2.05, 4.69) is 24.1 Å². The molecule has 0 spiro atoms. The number of carbonyl (C=O) groups excluding carboxylic acids is 1. The van der Waals surface area contributed by atoms with Crippen LogP contribution in [0.25, 0.3) is 11.1 Å². The molecule has 0 saturated carbocycles. The number of hydrogen-bond donors (Lipinski definition) is 1. The third-order valence-electron chi connectivity index (χ3n) is 2.78. The second-order valence-electron chi connectivity index (χ2n) is 4.93. The Hall–Kier alpha value is -2.16. The quantitative estimate of drug-likeness (QED) is 0.910. The molecule has 0 unspecified atom stereocenters. The van der Waals surface area contributed by atoms with E-state index in [0.717, 1.165) is 11.1 Å². The number of pyridine rings is 1. The van der Waals surface area contributed by atoms with E-state index < -0.39 is 0 Å². The Kier molecular flexibility index (Phi) is 4.29. The Labute approximate surface area is 113 Å². The summed E-state index contributed by atoms with van der Waals surface area (Å²) in [6, 6.07) is 11.8. The maximum absolute atomic E-state index is 12.0. The Morgan fingerprint density at radius 3 is 2.58 bits per heavy atom. The number of benzene rings is 1. The van der Waals surface area contributed by atoms with E-state index in [1.54, 1.807) is 12.4 Å². The van der Waals surface area contributed by atoms with Gasteiger partial charge in [0, 0.05) is 24.5 Å². The first kappa shape index (κ1) is 13.3. The van der Waals surface area contributed by atoms with Crippen LogP contribution in [-0.4, -0.2) is 17.4 Å². The van der Waals surface area contributed by atoms with Crippen LogP contribution in [0.4, 0.5) is 0 Å². The molecule has 3 nitrogen and oxygen atoms in total. The summed E-state index contributed by atoms with van der Waals surface area (Å²) in [4.78, 5) is 16.1. The van der Waals surface area contributed by atoms with Crippen molar-refractivity contribution in [2.24, 2.45) is 5.92 Å². The summed E-state index contributed by atoms with van der Waals surface area (Å²) in [5.41, 5.74) is 2.62. The third-order valence-corrected chi connectivity index (χ3v) is 2.78. The standard InChI is InChI=1S/C16H18N2O/c1-12(2)9-18-16(19)15-8-14(10-17-11-15)13-6-4-3-5-7-13/h3-8,10-12H,9H2,1-2H3,(H,18,19). The molecule has 1 amide bonds. The van der Waals surface area contributed by atoms with Crippen LogP contribution in [0.5, 0.6) is 0 Å². The summed E-state index contributed by atoms with van der Waals surface area (Å²) in [5.74, 6) is 0.369. The molecule has 19 heavy (non-hydrogen) atoms. The van der Waals surface area contributed by atoms with E-state index in [9.17, 15) is 4.79 Å². The number of nitrogens with zero attached hydrogens (tertiary/aromatic N) is 1. The Bertz CT molecular complexity index is 550. The first-order valence-electron chi connectivity index (χ1n) is 6.45. The molecule has 0 radical (unpaired) electrons. The van der Waals surface area contributed by atoms with Crippen LogP contribution < -0.4 is 5.32 Å². The van der Waals surface area contributed by atoms with Crippen LogP contribution in [0.15, 0.2) is 48.8 Å². The van der Waals surface area contributed by atoms with Gasteiger partial charge in [0.15, 0.2) is 0 Å². The molecule has 0 fully saturated rings. The molecule has 2 aromatic rings. The predicted octanol–water partition coefficient (Wildman–Crippen LogP) is 3.13. The molecule has 0 bridgehead atoms. The van der Waals surface area contributed by atoms with Crippen molar-refractivity contribution in [2.45, 2.75) is 13.8 Å². The second-order valence-corrected chi connectivity index (χ2v) is 4.93. The van der Waals surface area contributed by atoms with E-state index in [4.69, 9.17) is 0 Å². The smallest absolute Gasteiger partial charge is 0.252 e. The van der Waals surface area contributed by atoms with Gasteiger partial charge in [0.1, 0.15) is 0 Å². The van der Waals surface area contributed by atoms with Crippen LogP contribution in [0.3, 0.4) is 0 Å². The van der Waals surface area contributed by atoms with E-state index in [0.29, 0.717) is 18.0 Å². The third kappa shape index (κ3) is 3.65. The number of amides is 1. The molecule has 0 atom stereocenters. The molecular formula is C16H18N2O. The Morgan fingerprint density at radius 2 is 1.89 bits per heavy atom. The summed E-state index contributed by atoms with van der Waals surface area (Å²) in [6.45, 7) is 4.81. The fourth-order valence-corrected chi connectivity index (χ4v) is 1.75. The van der Waals surface area contributed by atoms with Gasteiger partial charge >= 0.3 is 0 Å². The van der Waals surface area contributed by atoms with Crippen molar-refractivity contribution in [3.8, 4) is 11.1 Å². The lowest BCUT2D eigenvalue weighted by molar-refractivity contribution is 0.0948. The summed E-state index contributed by atoms with van der Waals surface area (Å²) in [5, 5.41) is 2.90. The van der Waals surface area contributed by atoms with Crippen molar-refractivity contribution in [2.75, 3.05) is 6.54 Å². The van der Waals surface area contributed by atoms with Crippen molar-refractivity contribution >= 4 is 5.91 Å². The topological polar surface area (TPSA) is 42.0 Å². The summed E-state index contributed by atoms with van der Waals surface area (Å²) in [6.07, 6.45) is 3.37. The zero-order valence-electron chi connectivity index (χ0n) is 11.3. The lowest BCUT2D eigenvalue weighted by Gasteiger charge is -2.08. The molecular weight excluding hydrogens is 236 g/mol. The summed E-state index contributed by atoms with van der Waals surface area (Å²) >= 11 is 0. The maximum atomic E-state index is 12.0. The minimum Gasteiger partial charge on any atom is -0.352 e. The van der Waals surface area contributed by atoms with E-state index in [-0.39, 0.29) is 5.91 Å². The van der Waals surface area contributed by atoms with Gasteiger partial charge in [-0.3, -0.25) is 9.78 Å². The fraction of sp³-hybridized carbons (Fsp3) is 0.250. The maximum Gasteiger partial charge on any atom is 0.252 e. The molecule has 0 aliphatic heterocycles. The first-order chi connectivity index (χ1) is 9.16. The molecule has 98 valence electrons. The van der Waals surface area contributed by atoms with Gasteiger partial charge in [-0.05, 0) is 17.5 Å². The van der Waals surface area contributed by atoms with Crippen LogP contribution in [0, 0.1) is 5.92 Å². The monoisotopic (exact) mass is 254 g/mol. The molecule has 0 aliphatic rings. The van der Waals surface area contributed by atoms with Crippen molar-refractivity contribution in [1.29, 1.82) is 0 Å². The lowest BCUT2D eigenvalue weighted by atomic mass is 10.1. The van der Waals surface area contributed by atoms with Gasteiger partial charge in [-0.2, -0.15) is 0 Å². The lowest BCUT2D eigenvalue weighted by Crippen LogP contribution is -2.27. The van der Waals surface area contributed by atoms with Crippen LogP contribution >= 0.6 is 0 Å². The SMILES string of the molecule is CC(C)CNC(=O)c1cncc(-c2ccccc2)c1. The Balaban J connectivity index is 2.18. The molecule has 3 heteroatoms. The molecule has 2 rings (SSSR count). The zero-order valence-corrected chi connectivity index (χ0v) is 11.3. The Morgan fingerprint density at radius 1 is 1.16 bits per heavy atom. The van der Waals surface area contributed by atoms with Gasteiger partial charge in [0.05, 0.1) is 5.56 Å². The first-order valence-corrected chi connectivity index (χ1v) is 6.45. The van der Waals surface area contributed by atoms with Crippen LogP contribution in [-0.2, 0) is 0 Å². The number of nitrogens with one attached hydrogen (secondary N) is 1. The van der Waals surface area contributed by atoms with Crippen LogP contribution in [0.2, 0.25) is 0 Å². The highest BCUT2D eigenvalue weighted by Gasteiger charge is 2.08. The van der Waals surface area contributed by atoms with Gasteiger partial charge in [-0.25, -0.2) is 0 Å². The molecule has 1 N–H and O–H groups in total.